The highest BCUT2D eigenvalue weighted by molar-refractivity contribution is 5.30. The zero-order valence-corrected chi connectivity index (χ0v) is 7.01. The van der Waals surface area contributed by atoms with E-state index in [4.69, 9.17) is 5.73 Å². The fourth-order valence-corrected chi connectivity index (χ4v) is 0.557. The van der Waals surface area contributed by atoms with Gasteiger partial charge in [-0.25, -0.2) is 0 Å². The average Bonchev–Trinajstić information content (AvgIpc) is 2.03. The van der Waals surface area contributed by atoms with E-state index in [0.29, 0.717) is 6.54 Å². The quantitative estimate of drug-likeness (QED) is 0.609. The van der Waals surface area contributed by atoms with Crippen molar-refractivity contribution in [2.24, 2.45) is 5.73 Å². The molecule has 0 fully saturated rings. The highest BCUT2D eigenvalue weighted by atomic mass is 14.5. The Hall–Kier alpha value is -1.08. The van der Waals surface area contributed by atoms with Crippen molar-refractivity contribution in [1.29, 1.82) is 0 Å². The van der Waals surface area contributed by atoms with Crippen molar-refractivity contribution in [2.45, 2.75) is 6.92 Å². The molecule has 0 aliphatic carbocycles. The summed E-state index contributed by atoms with van der Waals surface area (Å²) in [4.78, 5) is 0. The summed E-state index contributed by atoms with van der Waals surface area (Å²) in [5, 5.41) is 0. The molecule has 0 spiro atoms. The van der Waals surface area contributed by atoms with E-state index in [1.54, 1.807) is 6.08 Å². The van der Waals surface area contributed by atoms with E-state index in [2.05, 4.69) is 13.2 Å². The zero-order chi connectivity index (χ0) is 8.69. The summed E-state index contributed by atoms with van der Waals surface area (Å²) in [5.41, 5.74) is 7.48. The van der Waals surface area contributed by atoms with Gasteiger partial charge < -0.3 is 5.73 Å². The molecule has 0 rings (SSSR count). The van der Waals surface area contributed by atoms with Crippen LogP contribution in [-0.4, -0.2) is 6.54 Å². The Balaban J connectivity index is 4.10. The Labute approximate surface area is 68.6 Å². The predicted octanol–water partition coefficient (Wildman–Crippen LogP) is 2.19. The molecule has 1 nitrogen and oxygen atoms in total. The third kappa shape index (κ3) is 4.34. The Morgan fingerprint density at radius 1 is 1.45 bits per heavy atom. The maximum absolute atomic E-state index is 5.39. The number of allylic oxidation sites excluding steroid dienone is 4. The van der Waals surface area contributed by atoms with Gasteiger partial charge in [0, 0.05) is 6.54 Å². The molecule has 0 aromatic carbocycles. The molecule has 0 amide bonds. The lowest BCUT2D eigenvalue weighted by molar-refractivity contribution is 1.15. The van der Waals surface area contributed by atoms with Crippen LogP contribution in [0.1, 0.15) is 6.92 Å². The standard InChI is InChI=1S/C10H15N/c1-4-5-6-7-9(2)10(3)8-11/h4-7H,1,3,8,11H2,2H3/b6-5-,9-7+. The van der Waals surface area contributed by atoms with E-state index in [9.17, 15) is 0 Å². The van der Waals surface area contributed by atoms with Crippen LogP contribution in [0.2, 0.25) is 0 Å². The number of hydrogen-bond donors (Lipinski definition) is 1. The van der Waals surface area contributed by atoms with Crippen LogP contribution in [0.3, 0.4) is 0 Å². The first-order valence-corrected chi connectivity index (χ1v) is 3.56. The molecule has 0 radical (unpaired) electrons. The maximum Gasteiger partial charge on any atom is 0.0174 e. The Kier molecular flexibility index (Phi) is 5.13. The molecule has 0 aromatic rings. The first-order chi connectivity index (χ1) is 5.22. The predicted molar refractivity (Wildman–Crippen MR) is 51.3 cm³/mol. The van der Waals surface area contributed by atoms with Gasteiger partial charge in [-0.2, -0.15) is 0 Å². The summed E-state index contributed by atoms with van der Waals surface area (Å²) in [7, 11) is 0. The van der Waals surface area contributed by atoms with Crippen LogP contribution >= 0.6 is 0 Å². The number of nitrogens with two attached hydrogens (primary N) is 1. The van der Waals surface area contributed by atoms with Gasteiger partial charge in [0.15, 0.2) is 0 Å². The van der Waals surface area contributed by atoms with Crippen molar-refractivity contribution in [2.75, 3.05) is 6.54 Å². The van der Waals surface area contributed by atoms with E-state index < -0.39 is 0 Å². The molecule has 0 saturated carbocycles. The van der Waals surface area contributed by atoms with Crippen molar-refractivity contribution in [3.05, 3.63) is 48.6 Å². The smallest absolute Gasteiger partial charge is 0.0174 e. The monoisotopic (exact) mass is 149 g/mol. The minimum absolute atomic E-state index is 0.518. The molecule has 0 aliphatic rings. The lowest BCUT2D eigenvalue weighted by Crippen LogP contribution is -2.02. The Morgan fingerprint density at radius 3 is 2.55 bits per heavy atom. The minimum Gasteiger partial charge on any atom is -0.327 e. The van der Waals surface area contributed by atoms with E-state index in [0.717, 1.165) is 11.1 Å². The fourth-order valence-electron chi connectivity index (χ4n) is 0.557. The van der Waals surface area contributed by atoms with Gasteiger partial charge in [0.2, 0.25) is 0 Å². The largest absolute Gasteiger partial charge is 0.327 e. The molecule has 0 saturated heterocycles. The summed E-state index contributed by atoms with van der Waals surface area (Å²) >= 11 is 0. The van der Waals surface area contributed by atoms with Gasteiger partial charge >= 0.3 is 0 Å². The Bertz CT molecular complexity index is 197. The Morgan fingerprint density at radius 2 is 2.09 bits per heavy atom. The zero-order valence-electron chi connectivity index (χ0n) is 7.01. The van der Waals surface area contributed by atoms with Crippen LogP contribution in [0.25, 0.3) is 0 Å². The molecule has 0 aliphatic heterocycles. The molecule has 11 heavy (non-hydrogen) atoms. The summed E-state index contributed by atoms with van der Waals surface area (Å²) in [6, 6.07) is 0. The van der Waals surface area contributed by atoms with Gasteiger partial charge in [0.05, 0.1) is 0 Å². The summed E-state index contributed by atoms with van der Waals surface area (Å²) in [5.74, 6) is 0. The van der Waals surface area contributed by atoms with Gasteiger partial charge in [-0.15, -0.1) is 0 Å². The van der Waals surface area contributed by atoms with E-state index in [1.807, 2.05) is 25.2 Å². The molecule has 0 bridgehead atoms. The second-order valence-electron chi connectivity index (χ2n) is 2.28. The molecule has 0 atom stereocenters. The highest BCUT2D eigenvalue weighted by Gasteiger charge is 1.89. The third-order valence-electron chi connectivity index (χ3n) is 1.40. The van der Waals surface area contributed by atoms with Crippen molar-refractivity contribution in [3.63, 3.8) is 0 Å². The van der Waals surface area contributed by atoms with Gasteiger partial charge in [0.25, 0.3) is 0 Å². The van der Waals surface area contributed by atoms with Crippen LogP contribution in [0, 0.1) is 0 Å². The van der Waals surface area contributed by atoms with Gasteiger partial charge in [-0.3, -0.25) is 0 Å². The summed E-state index contributed by atoms with van der Waals surface area (Å²) < 4.78 is 0. The van der Waals surface area contributed by atoms with Crippen molar-refractivity contribution >= 4 is 0 Å². The van der Waals surface area contributed by atoms with Gasteiger partial charge in [-0.1, -0.05) is 37.5 Å². The third-order valence-corrected chi connectivity index (χ3v) is 1.40. The first kappa shape index (κ1) is 9.92. The fraction of sp³-hybridized carbons (Fsp3) is 0.200. The topological polar surface area (TPSA) is 26.0 Å². The SMILES string of the molecule is C=C/C=C\C=C(/C)C(=C)CN. The molecule has 1 heteroatoms. The van der Waals surface area contributed by atoms with Crippen LogP contribution in [0.4, 0.5) is 0 Å². The molecule has 0 aromatic heterocycles. The highest BCUT2D eigenvalue weighted by Crippen LogP contribution is 2.03. The molecular formula is C10H15N. The van der Waals surface area contributed by atoms with Gasteiger partial charge in [0.1, 0.15) is 0 Å². The minimum atomic E-state index is 0.518. The number of rotatable bonds is 4. The number of hydrogen-bond acceptors (Lipinski definition) is 1. The van der Waals surface area contributed by atoms with Crippen LogP contribution in [0.5, 0.6) is 0 Å². The lowest BCUT2D eigenvalue weighted by atomic mass is 10.1. The van der Waals surface area contributed by atoms with E-state index in [-0.39, 0.29) is 0 Å². The molecular weight excluding hydrogens is 134 g/mol. The second kappa shape index (κ2) is 5.69. The first-order valence-electron chi connectivity index (χ1n) is 3.56. The lowest BCUT2D eigenvalue weighted by Gasteiger charge is -1.98. The van der Waals surface area contributed by atoms with E-state index in [1.165, 1.54) is 0 Å². The van der Waals surface area contributed by atoms with Crippen molar-refractivity contribution in [1.82, 2.24) is 0 Å². The van der Waals surface area contributed by atoms with Crippen LogP contribution in [-0.2, 0) is 0 Å². The van der Waals surface area contributed by atoms with Crippen molar-refractivity contribution < 1.29 is 0 Å². The van der Waals surface area contributed by atoms with E-state index >= 15 is 0 Å². The van der Waals surface area contributed by atoms with Crippen LogP contribution in [0.15, 0.2) is 48.6 Å². The molecule has 0 unspecified atom stereocenters. The van der Waals surface area contributed by atoms with Gasteiger partial charge in [-0.05, 0) is 18.1 Å². The second-order valence-corrected chi connectivity index (χ2v) is 2.28. The average molecular weight is 149 g/mol. The van der Waals surface area contributed by atoms with Crippen LogP contribution < -0.4 is 5.73 Å². The maximum atomic E-state index is 5.39. The normalized spacial score (nSPS) is 12.0. The molecule has 2 N–H and O–H groups in total. The van der Waals surface area contributed by atoms with Crippen molar-refractivity contribution in [3.8, 4) is 0 Å². The molecule has 60 valence electrons. The summed E-state index contributed by atoms with van der Waals surface area (Å²) in [6.45, 7) is 9.87. The summed E-state index contributed by atoms with van der Waals surface area (Å²) in [6.07, 6.45) is 7.49. The molecule has 0 heterocycles.